The van der Waals surface area contributed by atoms with Crippen LogP contribution in [0.5, 0.6) is 0 Å². The molecule has 6 nitrogen and oxygen atoms in total. The van der Waals surface area contributed by atoms with Gasteiger partial charge in [-0.05, 0) is 12.8 Å². The molecule has 19 heavy (non-hydrogen) atoms. The maximum absolute atomic E-state index is 12.2. The lowest BCUT2D eigenvalue weighted by Crippen LogP contribution is -2.37. The van der Waals surface area contributed by atoms with Crippen LogP contribution >= 0.6 is 0 Å². The Morgan fingerprint density at radius 2 is 2.26 bits per heavy atom. The molecule has 0 aliphatic heterocycles. The van der Waals surface area contributed by atoms with Gasteiger partial charge in [0.05, 0.1) is 5.84 Å². The number of aryl methyl sites for hydroxylation is 1. The van der Waals surface area contributed by atoms with E-state index in [4.69, 9.17) is 11.1 Å². The third kappa shape index (κ3) is 4.39. The first-order valence-corrected chi connectivity index (χ1v) is 6.59. The molecular weight excluding hydrogens is 242 g/mol. The lowest BCUT2D eigenvalue weighted by Gasteiger charge is -2.25. The Morgan fingerprint density at radius 3 is 2.79 bits per heavy atom. The second-order valence-corrected chi connectivity index (χ2v) is 4.96. The highest BCUT2D eigenvalue weighted by atomic mass is 16.1. The number of nitrogens with zero attached hydrogens (tertiary/aromatic N) is 3. The van der Waals surface area contributed by atoms with Gasteiger partial charge in [-0.3, -0.25) is 10.2 Å². The van der Waals surface area contributed by atoms with Crippen LogP contribution in [0.25, 0.3) is 0 Å². The maximum Gasteiger partial charge on any atom is 0.293 e. The number of anilines is 1. The Labute approximate surface area is 113 Å². The average Bonchev–Trinajstić information content (AvgIpc) is 2.34. The van der Waals surface area contributed by atoms with Crippen molar-refractivity contribution in [3.05, 3.63) is 22.7 Å². The van der Waals surface area contributed by atoms with E-state index in [0.29, 0.717) is 31.2 Å². The molecule has 1 heterocycles. The summed E-state index contributed by atoms with van der Waals surface area (Å²) in [5.74, 6) is 0.975. The quantitative estimate of drug-likeness (QED) is 0.570. The molecule has 0 spiro atoms. The second-order valence-electron chi connectivity index (χ2n) is 4.96. The van der Waals surface area contributed by atoms with E-state index in [1.165, 1.54) is 0 Å². The van der Waals surface area contributed by atoms with Gasteiger partial charge in [0, 0.05) is 38.4 Å². The lowest BCUT2D eigenvalue weighted by atomic mass is 10.2. The van der Waals surface area contributed by atoms with Crippen molar-refractivity contribution >= 4 is 11.7 Å². The Kier molecular flexibility index (Phi) is 5.54. The van der Waals surface area contributed by atoms with Crippen LogP contribution in [0.15, 0.2) is 17.2 Å². The van der Waals surface area contributed by atoms with Crippen molar-refractivity contribution in [3.63, 3.8) is 0 Å². The lowest BCUT2D eigenvalue weighted by molar-refractivity contribution is 0.600. The Bertz CT molecular complexity index is 480. The molecule has 1 aromatic rings. The molecule has 3 N–H and O–H groups in total. The van der Waals surface area contributed by atoms with Gasteiger partial charge in [0.25, 0.3) is 5.56 Å². The fourth-order valence-electron chi connectivity index (χ4n) is 1.88. The second kappa shape index (κ2) is 6.92. The molecule has 106 valence electrons. The van der Waals surface area contributed by atoms with Gasteiger partial charge < -0.3 is 15.2 Å². The summed E-state index contributed by atoms with van der Waals surface area (Å²) in [6, 6.07) is 0. The van der Waals surface area contributed by atoms with Crippen molar-refractivity contribution in [1.82, 2.24) is 9.55 Å². The third-order valence-corrected chi connectivity index (χ3v) is 2.77. The number of nitrogens with two attached hydrogens (primary N) is 1. The number of aromatic nitrogens is 2. The average molecular weight is 265 g/mol. The fourth-order valence-corrected chi connectivity index (χ4v) is 1.88. The molecule has 0 radical (unpaired) electrons. The van der Waals surface area contributed by atoms with Crippen LogP contribution in [0, 0.1) is 11.3 Å². The van der Waals surface area contributed by atoms with Crippen LogP contribution in [0.3, 0.4) is 0 Å². The van der Waals surface area contributed by atoms with Crippen molar-refractivity contribution in [2.75, 3.05) is 18.0 Å². The molecule has 0 atom stereocenters. The first-order valence-electron chi connectivity index (χ1n) is 6.59. The molecule has 0 fully saturated rings. The van der Waals surface area contributed by atoms with E-state index in [0.717, 1.165) is 6.54 Å². The van der Waals surface area contributed by atoms with Crippen LogP contribution in [0.2, 0.25) is 0 Å². The van der Waals surface area contributed by atoms with Gasteiger partial charge in [-0.25, -0.2) is 4.98 Å². The van der Waals surface area contributed by atoms with E-state index in [1.807, 2.05) is 11.8 Å². The number of nitrogens with one attached hydrogen (secondary N) is 1. The van der Waals surface area contributed by atoms with Gasteiger partial charge in [-0.15, -0.1) is 0 Å². The van der Waals surface area contributed by atoms with E-state index in [1.54, 1.807) is 17.0 Å². The van der Waals surface area contributed by atoms with Crippen LogP contribution in [0.4, 0.5) is 5.82 Å². The highest BCUT2D eigenvalue weighted by molar-refractivity contribution is 5.77. The van der Waals surface area contributed by atoms with Crippen LogP contribution in [-0.4, -0.2) is 28.5 Å². The molecule has 0 saturated heterocycles. The van der Waals surface area contributed by atoms with Gasteiger partial charge in [0.2, 0.25) is 0 Å². The summed E-state index contributed by atoms with van der Waals surface area (Å²) in [7, 11) is 0. The van der Waals surface area contributed by atoms with Crippen molar-refractivity contribution < 1.29 is 0 Å². The highest BCUT2D eigenvalue weighted by Gasteiger charge is 2.15. The Morgan fingerprint density at radius 1 is 1.58 bits per heavy atom. The fraction of sp³-hybridized carbons (Fsp3) is 0.615. The van der Waals surface area contributed by atoms with Gasteiger partial charge in [-0.2, -0.15) is 0 Å². The van der Waals surface area contributed by atoms with E-state index in [-0.39, 0.29) is 11.4 Å². The van der Waals surface area contributed by atoms with E-state index in [2.05, 4.69) is 18.8 Å². The topological polar surface area (TPSA) is 88.0 Å². The minimum absolute atomic E-state index is 0.0887. The zero-order chi connectivity index (χ0) is 14.4. The van der Waals surface area contributed by atoms with Crippen LogP contribution in [-0.2, 0) is 6.54 Å². The molecule has 1 aromatic heterocycles. The zero-order valence-electron chi connectivity index (χ0n) is 11.9. The summed E-state index contributed by atoms with van der Waals surface area (Å²) in [6.07, 6.45) is 3.76. The summed E-state index contributed by atoms with van der Waals surface area (Å²) < 4.78 is 1.63. The highest BCUT2D eigenvalue weighted by Crippen LogP contribution is 2.08. The molecule has 0 bridgehead atoms. The van der Waals surface area contributed by atoms with E-state index >= 15 is 0 Å². The molecule has 6 heteroatoms. The largest absolute Gasteiger partial charge is 0.388 e. The predicted molar refractivity (Wildman–Crippen MR) is 77.8 cm³/mol. The van der Waals surface area contributed by atoms with Crippen LogP contribution < -0.4 is 16.2 Å². The van der Waals surface area contributed by atoms with Crippen LogP contribution in [0.1, 0.15) is 27.2 Å². The molecule has 0 aromatic carbocycles. The monoisotopic (exact) mass is 265 g/mol. The number of hydrogen-bond acceptors (Lipinski definition) is 4. The number of amidine groups is 1. The number of hydrogen-bond donors (Lipinski definition) is 2. The van der Waals surface area contributed by atoms with Gasteiger partial charge >= 0.3 is 0 Å². The smallest absolute Gasteiger partial charge is 0.293 e. The van der Waals surface area contributed by atoms with Crippen molar-refractivity contribution in [3.8, 4) is 0 Å². The molecule has 0 unspecified atom stereocenters. The van der Waals surface area contributed by atoms with Gasteiger partial charge in [0.15, 0.2) is 5.82 Å². The first kappa shape index (κ1) is 15.2. The molecule has 0 amide bonds. The third-order valence-electron chi connectivity index (χ3n) is 2.77. The van der Waals surface area contributed by atoms with Gasteiger partial charge in [-0.1, -0.05) is 13.8 Å². The predicted octanol–water partition coefficient (Wildman–Crippen LogP) is 1.05. The minimum atomic E-state index is -0.0887. The van der Waals surface area contributed by atoms with Crippen molar-refractivity contribution in [2.45, 2.75) is 33.7 Å². The van der Waals surface area contributed by atoms with E-state index < -0.39 is 0 Å². The standard InChI is InChI=1S/C13H23N5O/c1-4-17-8-6-16-12(13(17)19)18(9-10(2)3)7-5-11(14)15/h6,8,10H,4-5,7,9H2,1-3H3,(H3,14,15). The minimum Gasteiger partial charge on any atom is -0.388 e. The summed E-state index contributed by atoms with van der Waals surface area (Å²) >= 11 is 0. The van der Waals surface area contributed by atoms with Crippen molar-refractivity contribution in [1.29, 1.82) is 5.41 Å². The molecule has 0 aliphatic rings. The molecule has 1 rings (SSSR count). The summed E-state index contributed by atoms with van der Waals surface area (Å²) in [5.41, 5.74) is 5.31. The molecular formula is C13H23N5O. The zero-order valence-corrected chi connectivity index (χ0v) is 11.9. The summed E-state index contributed by atoms with van der Waals surface area (Å²) in [5, 5.41) is 7.31. The first-order chi connectivity index (χ1) is 8.95. The number of rotatable bonds is 7. The summed E-state index contributed by atoms with van der Waals surface area (Å²) in [4.78, 5) is 18.4. The maximum atomic E-state index is 12.2. The van der Waals surface area contributed by atoms with E-state index in [9.17, 15) is 4.79 Å². The van der Waals surface area contributed by atoms with Gasteiger partial charge in [0.1, 0.15) is 0 Å². The normalized spacial score (nSPS) is 10.7. The Hall–Kier alpha value is -1.85. The molecule has 0 saturated carbocycles. The Balaban J connectivity index is 3.02. The van der Waals surface area contributed by atoms with Crippen molar-refractivity contribution in [2.24, 2.45) is 11.7 Å². The summed E-state index contributed by atoms with van der Waals surface area (Å²) in [6.45, 7) is 7.99. The SMILES string of the molecule is CCn1ccnc(N(CCC(=N)N)CC(C)C)c1=O. The molecule has 0 aliphatic carbocycles.